The summed E-state index contributed by atoms with van der Waals surface area (Å²) < 4.78 is 0. The van der Waals surface area contributed by atoms with Gasteiger partial charge in [0.1, 0.15) is 5.69 Å². The van der Waals surface area contributed by atoms with Crippen molar-refractivity contribution in [1.29, 1.82) is 0 Å². The van der Waals surface area contributed by atoms with Gasteiger partial charge in [0.05, 0.1) is 5.02 Å². The first kappa shape index (κ1) is 14.2. The molecule has 0 spiro atoms. The number of hydrogen-bond donors (Lipinski definition) is 0. The number of hydrogen-bond acceptors (Lipinski definition) is 4. The molecule has 0 fully saturated rings. The van der Waals surface area contributed by atoms with Gasteiger partial charge in [-0.25, -0.2) is 0 Å². The van der Waals surface area contributed by atoms with Gasteiger partial charge >= 0.3 is 0 Å². The summed E-state index contributed by atoms with van der Waals surface area (Å²) in [6.45, 7) is 0. The van der Waals surface area contributed by atoms with Crippen LogP contribution in [0.15, 0.2) is 46.9 Å². The molecular weight excluding hydrogens is 351 g/mol. The van der Waals surface area contributed by atoms with Gasteiger partial charge in [0.2, 0.25) is 6.29 Å². The maximum Gasteiger partial charge on any atom is 0.217 e. The number of azo groups is 1. The summed E-state index contributed by atoms with van der Waals surface area (Å²) >= 11 is 5.99. The average Bonchev–Trinajstić information content (AvgIpc) is 2.58. The highest BCUT2D eigenvalue weighted by Gasteiger charge is 2.19. The summed E-state index contributed by atoms with van der Waals surface area (Å²) in [5, 5.41) is 9.02. The lowest BCUT2D eigenvalue weighted by Crippen LogP contribution is -2.31. The summed E-state index contributed by atoms with van der Waals surface area (Å²) in [7, 11) is 3.91. The minimum absolute atomic E-state index is 0. The fraction of sp³-hybridized carbons (Fsp3) is 0.273. The highest BCUT2D eigenvalue weighted by Crippen LogP contribution is 2.25. The lowest BCUT2D eigenvalue weighted by molar-refractivity contribution is 0.206. The van der Waals surface area contributed by atoms with Gasteiger partial charge < -0.3 is 9.80 Å². The van der Waals surface area contributed by atoms with Crippen molar-refractivity contribution in [2.24, 2.45) is 10.2 Å². The van der Waals surface area contributed by atoms with Gasteiger partial charge in [-0.1, -0.05) is 23.7 Å². The van der Waals surface area contributed by atoms with Gasteiger partial charge in [-0.15, -0.1) is 29.1 Å². The molecule has 1 aliphatic rings. The minimum Gasteiger partial charge on any atom is -0.340 e. The monoisotopic (exact) mass is 364 g/mol. The van der Waals surface area contributed by atoms with Crippen LogP contribution in [-0.4, -0.2) is 30.2 Å². The Morgan fingerprint density at radius 2 is 1.71 bits per heavy atom. The van der Waals surface area contributed by atoms with Crippen LogP contribution in [0.4, 0.5) is 5.69 Å². The van der Waals surface area contributed by atoms with E-state index in [0.29, 0.717) is 10.7 Å². The van der Waals surface area contributed by atoms with E-state index in [1.807, 2.05) is 54.5 Å². The Morgan fingerprint density at radius 3 is 2.29 bits per heavy atom. The normalized spacial score (nSPS) is 15.7. The summed E-state index contributed by atoms with van der Waals surface area (Å²) in [6, 6.07) is 7.40. The number of nitrogens with zero attached hydrogens (tertiary/aromatic N) is 4. The third kappa shape index (κ3) is 3.32. The molecule has 6 heteroatoms. The van der Waals surface area contributed by atoms with E-state index < -0.39 is 0 Å². The Kier molecular flexibility index (Phi) is 5.20. The van der Waals surface area contributed by atoms with E-state index in [2.05, 4.69) is 10.2 Å². The van der Waals surface area contributed by atoms with Crippen LogP contribution in [0.5, 0.6) is 0 Å². The van der Waals surface area contributed by atoms with E-state index in [-0.39, 0.29) is 30.3 Å². The Bertz CT molecular complexity index is 423. The van der Waals surface area contributed by atoms with Gasteiger partial charge in [0.25, 0.3) is 0 Å². The summed E-state index contributed by atoms with van der Waals surface area (Å²) in [5.41, 5.74) is 0.692. The van der Waals surface area contributed by atoms with Crippen LogP contribution in [0.3, 0.4) is 0 Å². The first-order valence-corrected chi connectivity index (χ1v) is 5.34. The Balaban J connectivity index is 0.00000144. The molecule has 0 bridgehead atoms. The molecule has 17 heavy (non-hydrogen) atoms. The molecule has 4 nitrogen and oxygen atoms in total. The zero-order valence-electron chi connectivity index (χ0n) is 9.62. The van der Waals surface area contributed by atoms with Crippen LogP contribution in [0.25, 0.3) is 0 Å². The maximum absolute atomic E-state index is 5.99. The molecule has 0 saturated heterocycles. The number of benzene rings is 1. The molecule has 0 N–H and O–H groups in total. The number of halogens is 2. The highest BCUT2D eigenvalue weighted by atomic mass is 127. The van der Waals surface area contributed by atoms with Crippen LogP contribution in [-0.2, 0) is 0 Å². The molecular formula is C11H14ClIN4. The van der Waals surface area contributed by atoms with E-state index in [9.17, 15) is 0 Å². The van der Waals surface area contributed by atoms with E-state index in [1.54, 1.807) is 6.07 Å². The van der Waals surface area contributed by atoms with Crippen molar-refractivity contribution < 1.29 is 0 Å². The molecule has 0 atom stereocenters. The second kappa shape index (κ2) is 6.20. The van der Waals surface area contributed by atoms with Crippen molar-refractivity contribution in [3.63, 3.8) is 0 Å². The molecule has 0 unspecified atom stereocenters. The van der Waals surface area contributed by atoms with E-state index >= 15 is 0 Å². The molecule has 0 radical (unpaired) electrons. The van der Waals surface area contributed by atoms with Crippen molar-refractivity contribution >= 4 is 41.3 Å². The molecule has 0 aromatic heterocycles. The summed E-state index contributed by atoms with van der Waals surface area (Å²) in [4.78, 5) is 3.95. The van der Waals surface area contributed by atoms with Crippen LogP contribution in [0.1, 0.15) is 0 Å². The lowest BCUT2D eigenvalue weighted by atomic mass is 10.3. The molecule has 1 aromatic rings. The fourth-order valence-electron chi connectivity index (χ4n) is 1.46. The van der Waals surface area contributed by atoms with Crippen molar-refractivity contribution in [2.45, 2.75) is 6.29 Å². The molecule has 0 aliphatic carbocycles. The van der Waals surface area contributed by atoms with E-state index in [4.69, 9.17) is 11.6 Å². The maximum atomic E-state index is 5.99. The van der Waals surface area contributed by atoms with Gasteiger partial charge in [0.15, 0.2) is 0 Å². The van der Waals surface area contributed by atoms with E-state index in [1.165, 1.54) is 0 Å². The fourth-order valence-corrected chi connectivity index (χ4v) is 1.63. The average molecular weight is 365 g/mol. The quantitative estimate of drug-likeness (QED) is 0.592. The highest BCUT2D eigenvalue weighted by molar-refractivity contribution is 14.0. The van der Waals surface area contributed by atoms with Crippen LogP contribution in [0.2, 0.25) is 5.02 Å². The predicted octanol–water partition coefficient (Wildman–Crippen LogP) is 3.67. The molecule has 92 valence electrons. The largest absolute Gasteiger partial charge is 0.340 e. The molecule has 1 aliphatic heterocycles. The lowest BCUT2D eigenvalue weighted by Gasteiger charge is -2.21. The SMILES string of the molecule is CN1C=CN(C)C1N=Nc1ccccc1Cl.I. The molecule has 0 saturated carbocycles. The molecule has 1 aromatic carbocycles. The summed E-state index contributed by atoms with van der Waals surface area (Å²) in [6.07, 6.45) is 3.82. The van der Waals surface area contributed by atoms with Gasteiger partial charge in [-0.3, -0.25) is 0 Å². The van der Waals surface area contributed by atoms with E-state index in [0.717, 1.165) is 0 Å². The molecule has 2 rings (SSSR count). The van der Waals surface area contributed by atoms with Crippen molar-refractivity contribution in [1.82, 2.24) is 9.80 Å². The van der Waals surface area contributed by atoms with Gasteiger partial charge in [-0.2, -0.15) is 5.11 Å². The first-order chi connectivity index (χ1) is 7.68. The third-order valence-corrected chi connectivity index (χ3v) is 2.71. The third-order valence-electron chi connectivity index (χ3n) is 2.39. The van der Waals surface area contributed by atoms with Crippen molar-refractivity contribution in [3.8, 4) is 0 Å². The Morgan fingerprint density at radius 1 is 1.12 bits per heavy atom. The van der Waals surface area contributed by atoms with Crippen molar-refractivity contribution in [3.05, 3.63) is 41.7 Å². The second-order valence-corrected chi connectivity index (χ2v) is 4.05. The molecule has 1 heterocycles. The second-order valence-electron chi connectivity index (χ2n) is 3.64. The number of rotatable bonds is 2. The topological polar surface area (TPSA) is 31.2 Å². The minimum atomic E-state index is -0.0868. The first-order valence-electron chi connectivity index (χ1n) is 4.96. The standard InChI is InChI=1S/C11H13ClN4.HI/c1-15-7-8-16(2)11(15)14-13-10-6-4-3-5-9(10)12;/h3-8,11H,1-2H3;1H. The zero-order chi connectivity index (χ0) is 11.5. The van der Waals surface area contributed by atoms with Crippen LogP contribution < -0.4 is 0 Å². The Hall–Kier alpha value is -0.820. The molecule has 0 amide bonds. The van der Waals surface area contributed by atoms with Crippen LogP contribution in [0, 0.1) is 0 Å². The smallest absolute Gasteiger partial charge is 0.217 e. The predicted molar refractivity (Wildman–Crippen MR) is 79.8 cm³/mol. The summed E-state index contributed by atoms with van der Waals surface area (Å²) in [5.74, 6) is 0. The van der Waals surface area contributed by atoms with Crippen LogP contribution >= 0.6 is 35.6 Å². The zero-order valence-corrected chi connectivity index (χ0v) is 12.7. The van der Waals surface area contributed by atoms with Crippen molar-refractivity contribution in [2.75, 3.05) is 14.1 Å². The van der Waals surface area contributed by atoms with Gasteiger partial charge in [-0.05, 0) is 12.1 Å². The van der Waals surface area contributed by atoms with Gasteiger partial charge in [0, 0.05) is 26.5 Å². The Labute approximate surface area is 123 Å².